The molecule has 0 unspecified atom stereocenters. The minimum Gasteiger partial charge on any atom is -0.490 e. The van der Waals surface area contributed by atoms with Crippen LogP contribution in [0, 0.1) is 0 Å². The van der Waals surface area contributed by atoms with Crippen LogP contribution in [0.15, 0.2) is 18.2 Å². The van der Waals surface area contributed by atoms with Crippen molar-refractivity contribution >= 4 is 11.6 Å². The number of ether oxygens (including phenoxy) is 1. The zero-order chi connectivity index (χ0) is 12.4. The Kier molecular flexibility index (Phi) is 3.09. The molecule has 0 spiro atoms. The Balaban J connectivity index is 1.80. The molecule has 0 bridgehead atoms. The Morgan fingerprint density at radius 1 is 1.22 bits per heavy atom. The lowest BCUT2D eigenvalue weighted by atomic mass is 10.1. The average molecular weight is 246 g/mol. The van der Waals surface area contributed by atoms with E-state index in [2.05, 4.69) is 5.32 Å². The topological polar surface area (TPSA) is 41.6 Å². The van der Waals surface area contributed by atoms with Crippen LogP contribution >= 0.6 is 0 Å². The molecule has 18 heavy (non-hydrogen) atoms. The third kappa shape index (κ3) is 2.15. The second-order valence-corrected chi connectivity index (χ2v) is 4.84. The molecule has 4 heteroatoms. The number of nitrogens with one attached hydrogen (secondary N) is 1. The molecule has 1 saturated heterocycles. The summed E-state index contributed by atoms with van der Waals surface area (Å²) in [6, 6.07) is 5.68. The normalized spacial score (nSPS) is 18.6. The van der Waals surface area contributed by atoms with E-state index in [1.54, 1.807) is 0 Å². The summed E-state index contributed by atoms with van der Waals surface area (Å²) in [5, 5.41) is 3.26. The van der Waals surface area contributed by atoms with Crippen LogP contribution in [0.5, 0.6) is 5.75 Å². The molecule has 1 N–H and O–H groups in total. The Labute approximate surface area is 107 Å². The first-order valence-electron chi connectivity index (χ1n) is 6.64. The molecule has 3 rings (SSSR count). The third-order valence-electron chi connectivity index (χ3n) is 3.55. The number of piperidine rings is 1. The molecule has 4 nitrogen and oxygen atoms in total. The Bertz CT molecular complexity index is 453. The van der Waals surface area contributed by atoms with Gasteiger partial charge in [0, 0.05) is 25.2 Å². The Morgan fingerprint density at radius 3 is 2.89 bits per heavy atom. The fraction of sp³-hybridized carbons (Fsp3) is 0.500. The summed E-state index contributed by atoms with van der Waals surface area (Å²) in [5.74, 6) is 0.927. The fourth-order valence-corrected chi connectivity index (χ4v) is 2.55. The zero-order valence-corrected chi connectivity index (χ0v) is 10.4. The molecule has 96 valence electrons. The SMILES string of the molecule is O=C(c1ccc2c(c1)OCCN2)N1CCCCC1. The molecular weight excluding hydrogens is 228 g/mol. The number of amides is 1. The molecule has 0 aromatic heterocycles. The maximum Gasteiger partial charge on any atom is 0.253 e. The van der Waals surface area contributed by atoms with Crippen LogP contribution in [-0.4, -0.2) is 37.0 Å². The maximum absolute atomic E-state index is 12.3. The Morgan fingerprint density at radius 2 is 2.06 bits per heavy atom. The fourth-order valence-electron chi connectivity index (χ4n) is 2.55. The van der Waals surface area contributed by atoms with Crippen molar-refractivity contribution in [3.05, 3.63) is 23.8 Å². The van der Waals surface area contributed by atoms with E-state index in [0.717, 1.165) is 49.5 Å². The monoisotopic (exact) mass is 246 g/mol. The number of rotatable bonds is 1. The quantitative estimate of drug-likeness (QED) is 0.825. The van der Waals surface area contributed by atoms with E-state index >= 15 is 0 Å². The maximum atomic E-state index is 12.3. The van der Waals surface area contributed by atoms with E-state index in [0.29, 0.717) is 6.61 Å². The van der Waals surface area contributed by atoms with Crippen LogP contribution < -0.4 is 10.1 Å². The van der Waals surface area contributed by atoms with E-state index in [9.17, 15) is 4.79 Å². The average Bonchev–Trinajstić information content (AvgIpc) is 2.47. The van der Waals surface area contributed by atoms with Crippen LogP contribution in [0.4, 0.5) is 5.69 Å². The molecule has 0 atom stereocenters. The summed E-state index contributed by atoms with van der Waals surface area (Å²) in [6.07, 6.45) is 3.48. The number of hydrogen-bond donors (Lipinski definition) is 1. The van der Waals surface area contributed by atoms with Gasteiger partial charge in [0.25, 0.3) is 5.91 Å². The van der Waals surface area contributed by atoms with Crippen LogP contribution in [0.25, 0.3) is 0 Å². The predicted octanol–water partition coefficient (Wildman–Crippen LogP) is 2.12. The molecule has 1 aromatic rings. The van der Waals surface area contributed by atoms with Gasteiger partial charge in [0.15, 0.2) is 0 Å². The van der Waals surface area contributed by atoms with Gasteiger partial charge in [0.2, 0.25) is 0 Å². The minimum absolute atomic E-state index is 0.131. The van der Waals surface area contributed by atoms with Gasteiger partial charge >= 0.3 is 0 Å². The van der Waals surface area contributed by atoms with E-state index in [1.807, 2.05) is 23.1 Å². The number of benzene rings is 1. The summed E-state index contributed by atoms with van der Waals surface area (Å²) in [5.41, 5.74) is 1.72. The summed E-state index contributed by atoms with van der Waals surface area (Å²) in [4.78, 5) is 14.3. The lowest BCUT2D eigenvalue weighted by Gasteiger charge is -2.27. The lowest BCUT2D eigenvalue weighted by molar-refractivity contribution is 0.0724. The summed E-state index contributed by atoms with van der Waals surface area (Å²) < 4.78 is 5.57. The van der Waals surface area contributed by atoms with E-state index in [4.69, 9.17) is 4.74 Å². The van der Waals surface area contributed by atoms with Gasteiger partial charge in [-0.2, -0.15) is 0 Å². The number of carbonyl (C=O) groups is 1. The van der Waals surface area contributed by atoms with Crippen molar-refractivity contribution in [1.82, 2.24) is 4.90 Å². The van der Waals surface area contributed by atoms with Crippen LogP contribution in [0.2, 0.25) is 0 Å². The number of fused-ring (bicyclic) bond motifs is 1. The molecule has 0 radical (unpaired) electrons. The van der Waals surface area contributed by atoms with Crippen molar-refractivity contribution in [2.45, 2.75) is 19.3 Å². The molecule has 1 fully saturated rings. The smallest absolute Gasteiger partial charge is 0.253 e. The highest BCUT2D eigenvalue weighted by Gasteiger charge is 2.20. The summed E-state index contributed by atoms with van der Waals surface area (Å²) >= 11 is 0. The Hall–Kier alpha value is -1.71. The van der Waals surface area contributed by atoms with Gasteiger partial charge in [0.05, 0.1) is 5.69 Å². The molecule has 1 aromatic carbocycles. The van der Waals surface area contributed by atoms with Crippen molar-refractivity contribution in [3.8, 4) is 5.75 Å². The number of carbonyl (C=O) groups excluding carboxylic acids is 1. The highest BCUT2D eigenvalue weighted by molar-refractivity contribution is 5.95. The highest BCUT2D eigenvalue weighted by atomic mass is 16.5. The van der Waals surface area contributed by atoms with Crippen molar-refractivity contribution in [3.63, 3.8) is 0 Å². The van der Waals surface area contributed by atoms with Crippen LogP contribution in [0.3, 0.4) is 0 Å². The van der Waals surface area contributed by atoms with Crippen LogP contribution in [0.1, 0.15) is 29.6 Å². The number of anilines is 1. The van der Waals surface area contributed by atoms with Gasteiger partial charge in [-0.25, -0.2) is 0 Å². The minimum atomic E-state index is 0.131. The number of hydrogen-bond acceptors (Lipinski definition) is 3. The molecule has 1 amide bonds. The van der Waals surface area contributed by atoms with E-state index in [1.165, 1.54) is 6.42 Å². The lowest BCUT2D eigenvalue weighted by Crippen LogP contribution is -2.35. The molecule has 2 heterocycles. The standard InChI is InChI=1S/C14H18N2O2/c17-14(16-7-2-1-3-8-16)11-4-5-12-13(10-11)18-9-6-15-12/h4-5,10,15H,1-3,6-9H2. The van der Waals surface area contributed by atoms with Gasteiger partial charge < -0.3 is 15.0 Å². The van der Waals surface area contributed by atoms with Gasteiger partial charge in [-0.3, -0.25) is 4.79 Å². The van der Waals surface area contributed by atoms with Crippen molar-refractivity contribution in [2.75, 3.05) is 31.6 Å². The first kappa shape index (κ1) is 11.4. The van der Waals surface area contributed by atoms with E-state index < -0.39 is 0 Å². The molecule has 2 aliphatic heterocycles. The molecular formula is C14H18N2O2. The predicted molar refractivity (Wildman–Crippen MR) is 70.2 cm³/mol. The molecule has 2 aliphatic rings. The van der Waals surface area contributed by atoms with E-state index in [-0.39, 0.29) is 5.91 Å². The van der Waals surface area contributed by atoms with Crippen LogP contribution in [-0.2, 0) is 0 Å². The molecule has 0 saturated carbocycles. The summed E-state index contributed by atoms with van der Waals surface area (Å²) in [7, 11) is 0. The molecule has 0 aliphatic carbocycles. The van der Waals surface area contributed by atoms with Gasteiger partial charge in [-0.05, 0) is 37.5 Å². The first-order chi connectivity index (χ1) is 8.84. The second kappa shape index (κ2) is 4.88. The number of nitrogens with zero attached hydrogens (tertiary/aromatic N) is 1. The van der Waals surface area contributed by atoms with Gasteiger partial charge in [-0.1, -0.05) is 0 Å². The largest absolute Gasteiger partial charge is 0.490 e. The zero-order valence-electron chi connectivity index (χ0n) is 10.4. The number of likely N-dealkylation sites (tertiary alicyclic amines) is 1. The third-order valence-corrected chi connectivity index (χ3v) is 3.55. The van der Waals surface area contributed by atoms with Crippen molar-refractivity contribution in [2.24, 2.45) is 0 Å². The second-order valence-electron chi connectivity index (χ2n) is 4.84. The van der Waals surface area contributed by atoms with Gasteiger partial charge in [0.1, 0.15) is 12.4 Å². The van der Waals surface area contributed by atoms with Crippen molar-refractivity contribution < 1.29 is 9.53 Å². The summed E-state index contributed by atoms with van der Waals surface area (Å²) in [6.45, 7) is 3.25. The highest BCUT2D eigenvalue weighted by Crippen LogP contribution is 2.28. The van der Waals surface area contributed by atoms with Crippen molar-refractivity contribution in [1.29, 1.82) is 0 Å². The first-order valence-corrected chi connectivity index (χ1v) is 6.64. The van der Waals surface area contributed by atoms with Gasteiger partial charge in [-0.15, -0.1) is 0 Å².